The van der Waals surface area contributed by atoms with Crippen molar-refractivity contribution in [3.05, 3.63) is 66.8 Å². The number of sulfone groups is 1. The maximum Gasteiger partial charge on any atom is 0.178 e. The van der Waals surface area contributed by atoms with Crippen molar-refractivity contribution in [1.29, 1.82) is 0 Å². The molecule has 2 rings (SSSR count). The van der Waals surface area contributed by atoms with Crippen LogP contribution < -0.4 is 0 Å². The predicted octanol–water partition coefficient (Wildman–Crippen LogP) is 3.89. The van der Waals surface area contributed by atoms with Crippen molar-refractivity contribution < 1.29 is 13.2 Å². The quantitative estimate of drug-likeness (QED) is 0.563. The number of allylic oxidation sites excluding steroid dienone is 6. The lowest BCUT2D eigenvalue weighted by molar-refractivity contribution is -0.110. The van der Waals surface area contributed by atoms with Crippen molar-refractivity contribution in [2.75, 3.05) is 5.75 Å². The molecule has 0 N–H and O–H groups in total. The lowest BCUT2D eigenvalue weighted by atomic mass is 9.85. The van der Waals surface area contributed by atoms with Crippen molar-refractivity contribution >= 4 is 15.6 Å². The second kappa shape index (κ2) is 7.55. The smallest absolute Gasteiger partial charge is 0.178 e. The van der Waals surface area contributed by atoms with Gasteiger partial charge < -0.3 is 0 Å². The van der Waals surface area contributed by atoms with Crippen LogP contribution in [-0.2, 0) is 14.6 Å². The van der Waals surface area contributed by atoms with E-state index in [9.17, 15) is 13.2 Å². The van der Waals surface area contributed by atoms with E-state index in [1.807, 2.05) is 25.1 Å². The van der Waals surface area contributed by atoms with Gasteiger partial charge in [-0.1, -0.05) is 42.5 Å². The number of benzene rings is 1. The molecule has 1 aliphatic rings. The highest BCUT2D eigenvalue weighted by atomic mass is 32.2. The maximum absolute atomic E-state index is 12.1. The molecule has 0 spiro atoms. The molecule has 0 atom stereocenters. The minimum absolute atomic E-state index is 0.0157. The SMILES string of the molecule is CC1(/C=C\CCCCS(=O)(=O)c2ccccc2)C=CC(=O)C=C1. The van der Waals surface area contributed by atoms with E-state index in [2.05, 4.69) is 12.2 Å². The van der Waals surface area contributed by atoms with Crippen LogP contribution in [0.4, 0.5) is 0 Å². The van der Waals surface area contributed by atoms with Crippen LogP contribution in [0.15, 0.2) is 71.7 Å². The Bertz CT molecular complexity index is 709. The highest BCUT2D eigenvalue weighted by Crippen LogP contribution is 2.25. The average Bonchev–Trinajstić information content (AvgIpc) is 2.55. The van der Waals surface area contributed by atoms with Gasteiger partial charge in [0, 0.05) is 5.41 Å². The average molecular weight is 330 g/mol. The summed E-state index contributed by atoms with van der Waals surface area (Å²) in [4.78, 5) is 11.5. The van der Waals surface area contributed by atoms with E-state index in [0.717, 1.165) is 12.8 Å². The Hall–Kier alpha value is -1.94. The molecule has 3 nitrogen and oxygen atoms in total. The summed E-state index contributed by atoms with van der Waals surface area (Å²) in [6.07, 6.45) is 13.3. The molecular weight excluding hydrogens is 308 g/mol. The summed E-state index contributed by atoms with van der Waals surface area (Å²) in [7, 11) is -3.17. The number of carbonyl (C=O) groups excluding carboxylic acids is 1. The van der Waals surface area contributed by atoms with E-state index in [1.54, 1.807) is 36.4 Å². The molecule has 0 saturated carbocycles. The molecule has 0 aliphatic heterocycles. The van der Waals surface area contributed by atoms with Gasteiger partial charge >= 0.3 is 0 Å². The van der Waals surface area contributed by atoms with Crippen LogP contribution in [-0.4, -0.2) is 20.0 Å². The van der Waals surface area contributed by atoms with Crippen molar-refractivity contribution in [3.63, 3.8) is 0 Å². The zero-order valence-electron chi connectivity index (χ0n) is 13.3. The Labute approximate surface area is 138 Å². The molecule has 0 unspecified atom stereocenters. The van der Waals surface area contributed by atoms with Gasteiger partial charge in [0.15, 0.2) is 15.6 Å². The first-order valence-electron chi connectivity index (χ1n) is 7.79. The molecule has 0 aromatic heterocycles. The summed E-state index contributed by atoms with van der Waals surface area (Å²) < 4.78 is 24.3. The zero-order chi connectivity index (χ0) is 16.8. The zero-order valence-corrected chi connectivity index (χ0v) is 14.1. The molecule has 0 heterocycles. The molecule has 0 radical (unpaired) electrons. The fraction of sp³-hybridized carbons (Fsp3) is 0.316. The van der Waals surface area contributed by atoms with Gasteiger partial charge in [0.1, 0.15) is 0 Å². The maximum atomic E-state index is 12.1. The van der Waals surface area contributed by atoms with Gasteiger partial charge in [-0.15, -0.1) is 0 Å². The topological polar surface area (TPSA) is 51.2 Å². The Kier molecular flexibility index (Phi) is 5.72. The summed E-state index contributed by atoms with van der Waals surface area (Å²) >= 11 is 0. The second-order valence-corrected chi connectivity index (χ2v) is 8.07. The van der Waals surface area contributed by atoms with Crippen LogP contribution in [0.25, 0.3) is 0 Å². The molecule has 1 aromatic rings. The molecule has 0 bridgehead atoms. The van der Waals surface area contributed by atoms with Crippen LogP contribution in [0.1, 0.15) is 26.2 Å². The van der Waals surface area contributed by atoms with Gasteiger partial charge in [0.2, 0.25) is 0 Å². The molecule has 122 valence electrons. The third-order valence-electron chi connectivity index (χ3n) is 3.83. The lowest BCUT2D eigenvalue weighted by Gasteiger charge is -2.18. The highest BCUT2D eigenvalue weighted by molar-refractivity contribution is 7.91. The monoisotopic (exact) mass is 330 g/mol. The van der Waals surface area contributed by atoms with E-state index < -0.39 is 9.84 Å². The molecule has 23 heavy (non-hydrogen) atoms. The number of unbranched alkanes of at least 4 members (excludes halogenated alkanes) is 2. The molecule has 0 saturated heterocycles. The number of hydrogen-bond donors (Lipinski definition) is 0. The summed E-state index contributed by atoms with van der Waals surface area (Å²) in [6, 6.07) is 8.57. The van der Waals surface area contributed by atoms with Gasteiger partial charge in [0.25, 0.3) is 0 Å². The van der Waals surface area contributed by atoms with E-state index in [1.165, 1.54) is 0 Å². The third kappa shape index (κ3) is 5.32. The van der Waals surface area contributed by atoms with Crippen LogP contribution in [0.2, 0.25) is 0 Å². The molecular formula is C19H22O3S. The van der Waals surface area contributed by atoms with Gasteiger partial charge in [-0.3, -0.25) is 4.79 Å². The summed E-state index contributed by atoms with van der Waals surface area (Å²) in [5, 5.41) is 0. The van der Waals surface area contributed by atoms with Crippen LogP contribution in [0.3, 0.4) is 0 Å². The molecule has 0 amide bonds. The first kappa shape index (κ1) is 17.4. The molecule has 1 aromatic carbocycles. The molecule has 4 heteroatoms. The first-order valence-corrected chi connectivity index (χ1v) is 9.44. The van der Waals surface area contributed by atoms with Gasteiger partial charge in [-0.05, 0) is 50.5 Å². The highest BCUT2D eigenvalue weighted by Gasteiger charge is 2.16. The Balaban J connectivity index is 1.76. The standard InChI is InChI=1S/C19H22O3S/c1-19(14-11-17(20)12-15-19)13-7-2-3-8-16-23(21,22)18-9-5-4-6-10-18/h4-7,9-15H,2-3,8,16H2,1H3/b13-7-. The second-order valence-electron chi connectivity index (χ2n) is 5.97. The number of carbonyl (C=O) groups is 1. The predicted molar refractivity (Wildman–Crippen MR) is 92.9 cm³/mol. The molecule has 1 aliphatic carbocycles. The van der Waals surface area contributed by atoms with Crippen LogP contribution >= 0.6 is 0 Å². The minimum Gasteiger partial charge on any atom is -0.290 e. The van der Waals surface area contributed by atoms with E-state index in [4.69, 9.17) is 0 Å². The third-order valence-corrected chi connectivity index (χ3v) is 5.64. The summed E-state index contributed by atoms with van der Waals surface area (Å²) in [5.74, 6) is 0.193. The normalized spacial score (nSPS) is 17.0. The number of rotatable bonds is 7. The number of hydrogen-bond acceptors (Lipinski definition) is 3. The van der Waals surface area contributed by atoms with E-state index >= 15 is 0 Å². The Morgan fingerprint density at radius 2 is 1.70 bits per heavy atom. The van der Waals surface area contributed by atoms with E-state index in [0.29, 0.717) is 11.3 Å². The van der Waals surface area contributed by atoms with Crippen LogP contribution in [0, 0.1) is 5.41 Å². The van der Waals surface area contributed by atoms with Crippen molar-refractivity contribution in [1.82, 2.24) is 0 Å². The minimum atomic E-state index is -3.17. The fourth-order valence-electron chi connectivity index (χ4n) is 2.38. The largest absolute Gasteiger partial charge is 0.290 e. The van der Waals surface area contributed by atoms with Gasteiger partial charge in [-0.2, -0.15) is 0 Å². The first-order chi connectivity index (χ1) is 10.9. The van der Waals surface area contributed by atoms with Crippen molar-refractivity contribution in [2.24, 2.45) is 5.41 Å². The Morgan fingerprint density at radius 3 is 2.35 bits per heavy atom. The van der Waals surface area contributed by atoms with Gasteiger partial charge in [0.05, 0.1) is 10.6 Å². The lowest BCUT2D eigenvalue weighted by Crippen LogP contribution is -2.10. The van der Waals surface area contributed by atoms with E-state index in [-0.39, 0.29) is 17.0 Å². The molecule has 0 fully saturated rings. The number of ketones is 1. The summed E-state index contributed by atoms with van der Waals surface area (Å²) in [6.45, 7) is 2.03. The Morgan fingerprint density at radius 1 is 1.04 bits per heavy atom. The van der Waals surface area contributed by atoms with Crippen LogP contribution in [0.5, 0.6) is 0 Å². The summed E-state index contributed by atoms with van der Waals surface area (Å²) in [5.41, 5.74) is -0.218. The van der Waals surface area contributed by atoms with Crippen molar-refractivity contribution in [2.45, 2.75) is 31.1 Å². The fourth-order valence-corrected chi connectivity index (χ4v) is 3.77. The van der Waals surface area contributed by atoms with Gasteiger partial charge in [-0.25, -0.2) is 8.42 Å². The van der Waals surface area contributed by atoms with Crippen molar-refractivity contribution in [3.8, 4) is 0 Å².